The van der Waals surface area contributed by atoms with Crippen molar-refractivity contribution in [1.82, 2.24) is 4.90 Å². The Kier molecular flexibility index (Phi) is 4.96. The number of carbonyl (C=O) groups excluding carboxylic acids is 1. The largest absolute Gasteiger partial charge is 0.497 e. The van der Waals surface area contributed by atoms with Gasteiger partial charge in [-0.3, -0.25) is 4.79 Å². The van der Waals surface area contributed by atoms with Crippen LogP contribution in [-0.4, -0.2) is 29.6 Å². The Morgan fingerprint density at radius 3 is 2.46 bits per heavy atom. The van der Waals surface area contributed by atoms with Crippen molar-refractivity contribution in [1.29, 1.82) is 0 Å². The molecule has 0 fully saturated rings. The maximum atomic E-state index is 12.5. The van der Waals surface area contributed by atoms with Crippen molar-refractivity contribution in [3.63, 3.8) is 0 Å². The van der Waals surface area contributed by atoms with Gasteiger partial charge in [-0.25, -0.2) is 0 Å². The van der Waals surface area contributed by atoms with E-state index in [2.05, 4.69) is 0 Å². The van der Waals surface area contributed by atoms with Gasteiger partial charge in [0.25, 0.3) is 5.91 Å². The summed E-state index contributed by atoms with van der Waals surface area (Å²) in [6, 6.07) is 16.7. The van der Waals surface area contributed by atoms with Gasteiger partial charge in [-0.1, -0.05) is 36.4 Å². The molecule has 1 aliphatic heterocycles. The van der Waals surface area contributed by atoms with Gasteiger partial charge in [0.15, 0.2) is 0 Å². The second kappa shape index (κ2) is 7.32. The van der Waals surface area contributed by atoms with Crippen LogP contribution in [0.25, 0.3) is 0 Å². The van der Waals surface area contributed by atoms with E-state index >= 15 is 0 Å². The van der Waals surface area contributed by atoms with Crippen LogP contribution in [0.3, 0.4) is 0 Å². The summed E-state index contributed by atoms with van der Waals surface area (Å²) in [5.41, 5.74) is 1.53. The first kappa shape index (κ1) is 16.3. The molecule has 24 heavy (non-hydrogen) atoms. The molecule has 0 radical (unpaired) electrons. The van der Waals surface area contributed by atoms with Crippen molar-refractivity contribution in [3.8, 4) is 5.75 Å². The Bertz CT molecular complexity index is 709. The van der Waals surface area contributed by atoms with E-state index in [-0.39, 0.29) is 11.8 Å². The van der Waals surface area contributed by atoms with Crippen molar-refractivity contribution in [3.05, 3.63) is 78.0 Å². The van der Waals surface area contributed by atoms with Crippen LogP contribution in [0.2, 0.25) is 0 Å². The molecule has 0 aromatic heterocycles. The Hall–Kier alpha value is -2.59. The smallest absolute Gasteiger partial charge is 0.257 e. The summed E-state index contributed by atoms with van der Waals surface area (Å²) in [5, 5.41) is 10.5. The topological polar surface area (TPSA) is 49.8 Å². The van der Waals surface area contributed by atoms with E-state index in [0.29, 0.717) is 12.1 Å². The highest BCUT2D eigenvalue weighted by atomic mass is 16.5. The first-order chi connectivity index (χ1) is 11.7. The molecule has 3 rings (SSSR count). The number of aliphatic hydroxyl groups is 1. The summed E-state index contributed by atoms with van der Waals surface area (Å²) < 4.78 is 5.11. The zero-order valence-corrected chi connectivity index (χ0v) is 13.6. The third-order valence-corrected chi connectivity index (χ3v) is 4.36. The van der Waals surface area contributed by atoms with Gasteiger partial charge < -0.3 is 14.7 Å². The lowest BCUT2D eigenvalue weighted by atomic mass is 9.91. The predicted molar refractivity (Wildman–Crippen MR) is 92.7 cm³/mol. The van der Waals surface area contributed by atoms with Gasteiger partial charge in [-0.15, -0.1) is 0 Å². The van der Waals surface area contributed by atoms with Crippen LogP contribution in [0.4, 0.5) is 0 Å². The fourth-order valence-electron chi connectivity index (χ4n) is 2.90. The van der Waals surface area contributed by atoms with Crippen LogP contribution in [0.15, 0.2) is 66.9 Å². The molecular weight excluding hydrogens is 302 g/mol. The maximum Gasteiger partial charge on any atom is 0.257 e. The quantitative estimate of drug-likeness (QED) is 0.938. The summed E-state index contributed by atoms with van der Waals surface area (Å²) in [5.74, 6) is 0.709. The van der Waals surface area contributed by atoms with E-state index in [0.717, 1.165) is 17.7 Å². The molecule has 0 bridgehead atoms. The van der Waals surface area contributed by atoms with Crippen LogP contribution in [0.5, 0.6) is 5.75 Å². The number of hydrogen-bond donors (Lipinski definition) is 1. The highest BCUT2D eigenvalue weighted by Crippen LogP contribution is 2.29. The molecule has 2 unspecified atom stereocenters. The molecule has 4 heteroatoms. The highest BCUT2D eigenvalue weighted by Gasteiger charge is 2.24. The summed E-state index contributed by atoms with van der Waals surface area (Å²) in [6.07, 6.45) is 3.89. The number of amides is 1. The second-order valence-electron chi connectivity index (χ2n) is 5.88. The third-order valence-electron chi connectivity index (χ3n) is 4.36. The van der Waals surface area contributed by atoms with Crippen LogP contribution in [0.1, 0.15) is 28.4 Å². The molecule has 2 aromatic carbocycles. The average Bonchev–Trinajstić information content (AvgIpc) is 2.68. The van der Waals surface area contributed by atoms with E-state index < -0.39 is 6.10 Å². The van der Waals surface area contributed by atoms with Crippen molar-refractivity contribution in [2.75, 3.05) is 13.7 Å². The number of nitrogens with zero attached hydrogens (tertiary/aromatic N) is 1. The summed E-state index contributed by atoms with van der Waals surface area (Å²) in [7, 11) is 1.60. The lowest BCUT2D eigenvalue weighted by Gasteiger charge is -2.29. The molecule has 0 saturated carbocycles. The summed E-state index contributed by atoms with van der Waals surface area (Å²) >= 11 is 0. The fraction of sp³-hybridized carbons (Fsp3) is 0.250. The fourth-order valence-corrected chi connectivity index (χ4v) is 2.90. The molecule has 2 aromatic rings. The molecular formula is C20H21NO3. The number of benzene rings is 2. The maximum absolute atomic E-state index is 12.5. The van der Waals surface area contributed by atoms with E-state index in [9.17, 15) is 9.90 Å². The standard InChI is InChI=1S/C20H21NO3/c1-24-18-9-7-17(8-10-18)20(23)21-13-11-16(12-14-21)19(22)15-5-3-2-4-6-15/h2-11,13,16,19,22H,12,14H2,1H3. The molecule has 1 heterocycles. The summed E-state index contributed by atoms with van der Waals surface area (Å²) in [6.45, 7) is 0.593. The van der Waals surface area contributed by atoms with E-state index in [1.165, 1.54) is 0 Å². The minimum atomic E-state index is -0.541. The van der Waals surface area contributed by atoms with Gasteiger partial charge in [-0.05, 0) is 36.2 Å². The number of aliphatic hydroxyl groups excluding tert-OH is 1. The number of ether oxygens (including phenoxy) is 1. The van der Waals surface area contributed by atoms with Crippen molar-refractivity contribution in [2.45, 2.75) is 12.5 Å². The number of rotatable bonds is 4. The molecule has 1 aliphatic rings. The van der Waals surface area contributed by atoms with Crippen LogP contribution in [0, 0.1) is 5.92 Å². The summed E-state index contributed by atoms with van der Waals surface area (Å²) in [4.78, 5) is 14.2. The number of hydrogen-bond acceptors (Lipinski definition) is 3. The van der Waals surface area contributed by atoms with Crippen LogP contribution < -0.4 is 4.74 Å². The van der Waals surface area contributed by atoms with Gasteiger partial charge >= 0.3 is 0 Å². The van der Waals surface area contributed by atoms with Crippen molar-refractivity contribution >= 4 is 5.91 Å². The highest BCUT2D eigenvalue weighted by molar-refractivity contribution is 5.95. The van der Waals surface area contributed by atoms with Crippen molar-refractivity contribution in [2.24, 2.45) is 5.92 Å². The first-order valence-electron chi connectivity index (χ1n) is 8.05. The lowest BCUT2D eigenvalue weighted by Crippen LogP contribution is -2.32. The number of carbonyl (C=O) groups is 1. The monoisotopic (exact) mass is 323 g/mol. The van der Waals surface area contributed by atoms with Gasteiger partial charge in [0.1, 0.15) is 5.75 Å². The average molecular weight is 323 g/mol. The number of methoxy groups -OCH3 is 1. The molecule has 124 valence electrons. The third kappa shape index (κ3) is 3.49. The Morgan fingerprint density at radius 2 is 1.88 bits per heavy atom. The molecule has 0 saturated heterocycles. The Balaban J connectivity index is 1.67. The zero-order chi connectivity index (χ0) is 16.9. The van der Waals surface area contributed by atoms with Crippen molar-refractivity contribution < 1.29 is 14.6 Å². The minimum absolute atomic E-state index is 0.0207. The van der Waals surface area contributed by atoms with Gasteiger partial charge in [0.05, 0.1) is 13.2 Å². The molecule has 0 spiro atoms. The van der Waals surface area contributed by atoms with E-state index in [1.54, 1.807) is 42.5 Å². The minimum Gasteiger partial charge on any atom is -0.497 e. The van der Waals surface area contributed by atoms with Crippen LogP contribution in [-0.2, 0) is 0 Å². The first-order valence-corrected chi connectivity index (χ1v) is 8.05. The molecule has 1 amide bonds. The van der Waals surface area contributed by atoms with Crippen LogP contribution >= 0.6 is 0 Å². The molecule has 1 N–H and O–H groups in total. The normalized spacial score (nSPS) is 18.2. The van der Waals surface area contributed by atoms with E-state index in [4.69, 9.17) is 4.74 Å². The predicted octanol–water partition coefficient (Wildman–Crippen LogP) is 3.40. The molecule has 4 nitrogen and oxygen atoms in total. The SMILES string of the molecule is COc1ccc(C(=O)N2C=CC(C(O)c3ccccc3)CC2)cc1. The Labute approximate surface area is 142 Å². The zero-order valence-electron chi connectivity index (χ0n) is 13.6. The Morgan fingerprint density at radius 1 is 1.17 bits per heavy atom. The molecule has 0 aliphatic carbocycles. The second-order valence-corrected chi connectivity index (χ2v) is 5.88. The van der Waals surface area contributed by atoms with E-state index in [1.807, 2.05) is 36.4 Å². The lowest BCUT2D eigenvalue weighted by molar-refractivity contribution is 0.0759. The van der Waals surface area contributed by atoms with Gasteiger partial charge in [0.2, 0.25) is 0 Å². The molecule has 2 atom stereocenters. The van der Waals surface area contributed by atoms with Gasteiger partial charge in [0, 0.05) is 24.2 Å². The van der Waals surface area contributed by atoms with Gasteiger partial charge in [-0.2, -0.15) is 0 Å².